The predicted octanol–water partition coefficient (Wildman–Crippen LogP) is 0.288. The fraction of sp³-hybridized carbons (Fsp3) is 0.100. The monoisotopic (exact) mass is 198 g/mol. The summed E-state index contributed by atoms with van der Waals surface area (Å²) < 4.78 is 1.45. The van der Waals surface area contributed by atoms with Gasteiger partial charge in [0, 0.05) is 11.8 Å². The second-order valence-corrected chi connectivity index (χ2v) is 2.81. The zero-order valence-corrected chi connectivity index (χ0v) is 7.69. The molecule has 0 bridgehead atoms. The maximum absolute atomic E-state index is 11.3. The van der Waals surface area contributed by atoms with Gasteiger partial charge in [-0.3, -0.25) is 4.79 Å². The van der Waals surface area contributed by atoms with E-state index in [2.05, 4.69) is 21.9 Å². The van der Waals surface area contributed by atoms with Gasteiger partial charge in [0.25, 0.3) is 5.56 Å². The lowest BCUT2D eigenvalue weighted by molar-refractivity contribution is 0.888. The summed E-state index contributed by atoms with van der Waals surface area (Å²) in [6, 6.07) is 3.55. The summed E-state index contributed by atoms with van der Waals surface area (Å²) in [7, 11) is 0. The van der Waals surface area contributed by atoms with Crippen LogP contribution < -0.4 is 5.56 Å². The lowest BCUT2D eigenvalue weighted by Crippen LogP contribution is -2.09. The summed E-state index contributed by atoms with van der Waals surface area (Å²) in [5.74, 6) is 5.44. The van der Waals surface area contributed by atoms with Crippen molar-refractivity contribution in [3.63, 3.8) is 0 Å². The molecule has 0 aliphatic heterocycles. The van der Waals surface area contributed by atoms with Gasteiger partial charge in [0.15, 0.2) is 0 Å². The molecule has 0 unspecified atom stereocenters. The normalized spacial score (nSPS) is 9.27. The number of fused-ring (bicyclic) bond motifs is 1. The second kappa shape index (κ2) is 3.69. The summed E-state index contributed by atoms with van der Waals surface area (Å²) in [5, 5.41) is 12.2. The lowest BCUT2D eigenvalue weighted by Gasteiger charge is -1.87. The molecule has 0 fully saturated rings. The standard InChI is InChI=1S/C10H6N4O/c11-4-2-1-3-8-5-9-10(15)12-7-13-14(9)6-8/h5-7H,2H2,(H,12,13,15). The molecule has 0 aliphatic rings. The van der Waals surface area contributed by atoms with E-state index in [1.165, 1.54) is 10.8 Å². The highest BCUT2D eigenvalue weighted by molar-refractivity contribution is 5.52. The number of nitrogens with zero attached hydrogens (tertiary/aromatic N) is 3. The highest BCUT2D eigenvalue weighted by atomic mass is 16.1. The molecule has 2 rings (SSSR count). The summed E-state index contributed by atoms with van der Waals surface area (Å²) in [5.41, 5.74) is 0.909. The maximum atomic E-state index is 11.3. The van der Waals surface area contributed by atoms with Gasteiger partial charge in [-0.1, -0.05) is 11.8 Å². The molecule has 0 radical (unpaired) electrons. The van der Waals surface area contributed by atoms with E-state index >= 15 is 0 Å². The van der Waals surface area contributed by atoms with Crippen molar-refractivity contribution in [3.8, 4) is 17.9 Å². The summed E-state index contributed by atoms with van der Waals surface area (Å²) in [6.07, 6.45) is 3.15. The average Bonchev–Trinajstić information content (AvgIpc) is 2.63. The van der Waals surface area contributed by atoms with Crippen molar-refractivity contribution in [2.45, 2.75) is 6.42 Å². The second-order valence-electron chi connectivity index (χ2n) is 2.81. The van der Waals surface area contributed by atoms with E-state index in [9.17, 15) is 4.79 Å². The van der Waals surface area contributed by atoms with Gasteiger partial charge in [0.1, 0.15) is 11.8 Å². The van der Waals surface area contributed by atoms with Crippen molar-refractivity contribution in [1.29, 1.82) is 5.26 Å². The number of hydrogen-bond donors (Lipinski definition) is 1. The van der Waals surface area contributed by atoms with Crippen molar-refractivity contribution >= 4 is 5.52 Å². The van der Waals surface area contributed by atoms with Crippen molar-refractivity contribution in [3.05, 3.63) is 34.5 Å². The van der Waals surface area contributed by atoms with Crippen LogP contribution in [0, 0.1) is 23.2 Å². The van der Waals surface area contributed by atoms with Crippen LogP contribution in [0.3, 0.4) is 0 Å². The Balaban J connectivity index is 2.50. The largest absolute Gasteiger partial charge is 0.310 e. The van der Waals surface area contributed by atoms with Gasteiger partial charge in [-0.15, -0.1) is 0 Å². The number of hydrogen-bond acceptors (Lipinski definition) is 3. The first-order valence-electron chi connectivity index (χ1n) is 4.23. The lowest BCUT2D eigenvalue weighted by atomic mass is 10.3. The predicted molar refractivity (Wildman–Crippen MR) is 52.9 cm³/mol. The van der Waals surface area contributed by atoms with Gasteiger partial charge in [0.05, 0.1) is 12.5 Å². The highest BCUT2D eigenvalue weighted by Crippen LogP contribution is 2.01. The van der Waals surface area contributed by atoms with Crippen LogP contribution in [0.2, 0.25) is 0 Å². The molecule has 2 aromatic rings. The quantitative estimate of drug-likeness (QED) is 0.618. The highest BCUT2D eigenvalue weighted by Gasteiger charge is 2.00. The molecule has 0 aromatic carbocycles. The minimum Gasteiger partial charge on any atom is -0.310 e. The Hall–Kier alpha value is -2.53. The molecule has 1 N–H and O–H groups in total. The first-order valence-corrected chi connectivity index (χ1v) is 4.23. The molecule has 15 heavy (non-hydrogen) atoms. The van der Waals surface area contributed by atoms with Crippen LogP contribution in [-0.2, 0) is 0 Å². The van der Waals surface area contributed by atoms with E-state index in [4.69, 9.17) is 5.26 Å². The molecule has 0 spiro atoms. The molecule has 0 atom stereocenters. The van der Waals surface area contributed by atoms with E-state index in [1.807, 2.05) is 6.07 Å². The van der Waals surface area contributed by atoms with Crippen molar-refractivity contribution in [2.24, 2.45) is 0 Å². The minimum absolute atomic E-state index is 0.177. The Morgan fingerprint density at radius 1 is 1.60 bits per heavy atom. The van der Waals surface area contributed by atoms with Crippen molar-refractivity contribution in [1.82, 2.24) is 14.6 Å². The van der Waals surface area contributed by atoms with Crippen molar-refractivity contribution in [2.75, 3.05) is 0 Å². The van der Waals surface area contributed by atoms with E-state index in [1.54, 1.807) is 12.3 Å². The van der Waals surface area contributed by atoms with Gasteiger partial charge in [-0.25, -0.2) is 4.52 Å². The van der Waals surface area contributed by atoms with Crippen LogP contribution >= 0.6 is 0 Å². The van der Waals surface area contributed by atoms with E-state index in [0.717, 1.165) is 0 Å². The average molecular weight is 198 g/mol. The molecule has 0 saturated heterocycles. The topological polar surface area (TPSA) is 73.9 Å². The van der Waals surface area contributed by atoms with Gasteiger partial charge in [-0.05, 0) is 6.07 Å². The molecule has 0 aliphatic carbocycles. The van der Waals surface area contributed by atoms with Crippen LogP contribution in [0.25, 0.3) is 5.52 Å². The van der Waals surface area contributed by atoms with Crippen LogP contribution in [0.4, 0.5) is 0 Å². The summed E-state index contributed by atoms with van der Waals surface area (Å²) in [4.78, 5) is 13.8. The smallest absolute Gasteiger partial charge is 0.275 e. The fourth-order valence-corrected chi connectivity index (χ4v) is 1.19. The van der Waals surface area contributed by atoms with Gasteiger partial charge in [0.2, 0.25) is 0 Å². The molecule has 5 heteroatoms. The van der Waals surface area contributed by atoms with E-state index in [0.29, 0.717) is 11.1 Å². The number of H-pyrrole nitrogens is 1. The van der Waals surface area contributed by atoms with Crippen LogP contribution in [0.5, 0.6) is 0 Å². The molecule has 0 saturated carbocycles. The van der Waals surface area contributed by atoms with E-state index in [-0.39, 0.29) is 12.0 Å². The number of nitrogens with one attached hydrogen (secondary N) is 1. The first-order chi connectivity index (χ1) is 7.31. The van der Waals surface area contributed by atoms with E-state index < -0.39 is 0 Å². The van der Waals surface area contributed by atoms with Gasteiger partial charge in [-0.2, -0.15) is 10.4 Å². The van der Waals surface area contributed by atoms with Gasteiger partial charge >= 0.3 is 0 Å². The molecule has 2 aromatic heterocycles. The number of rotatable bonds is 0. The Kier molecular flexibility index (Phi) is 2.22. The van der Waals surface area contributed by atoms with Crippen molar-refractivity contribution < 1.29 is 0 Å². The minimum atomic E-state index is -0.210. The summed E-state index contributed by atoms with van der Waals surface area (Å²) >= 11 is 0. The zero-order valence-electron chi connectivity index (χ0n) is 7.69. The Morgan fingerprint density at radius 3 is 3.20 bits per heavy atom. The first kappa shape index (κ1) is 9.04. The molecular formula is C10H6N4O. The fourth-order valence-electron chi connectivity index (χ4n) is 1.19. The Bertz CT molecular complexity index is 648. The third-order valence-electron chi connectivity index (χ3n) is 1.81. The van der Waals surface area contributed by atoms with Crippen LogP contribution in [0.1, 0.15) is 12.0 Å². The zero-order chi connectivity index (χ0) is 10.7. The number of aromatic nitrogens is 3. The Labute approximate surface area is 85.0 Å². The molecular weight excluding hydrogens is 192 g/mol. The maximum Gasteiger partial charge on any atom is 0.275 e. The molecule has 72 valence electrons. The molecule has 5 nitrogen and oxygen atoms in total. The Morgan fingerprint density at radius 2 is 2.47 bits per heavy atom. The number of aromatic amines is 1. The SMILES string of the molecule is N#CCC#Cc1cc2c(=O)[nH]cnn2c1. The third-order valence-corrected chi connectivity index (χ3v) is 1.81. The number of nitriles is 1. The van der Waals surface area contributed by atoms with Gasteiger partial charge < -0.3 is 4.98 Å². The van der Waals surface area contributed by atoms with Crippen LogP contribution in [0.15, 0.2) is 23.4 Å². The molecule has 0 amide bonds. The molecule has 2 heterocycles. The third kappa shape index (κ3) is 1.72. The summed E-state index contributed by atoms with van der Waals surface area (Å²) in [6.45, 7) is 0. The van der Waals surface area contributed by atoms with Crippen LogP contribution in [-0.4, -0.2) is 14.6 Å².